The molecular formula is C17H25N3OS. The lowest BCUT2D eigenvalue weighted by atomic mass is 10.1. The van der Waals surface area contributed by atoms with Crippen LogP contribution < -0.4 is 10.6 Å². The van der Waals surface area contributed by atoms with E-state index in [0.29, 0.717) is 11.2 Å². The second-order valence-corrected chi connectivity index (χ2v) is 6.25. The number of carbonyl (C=O) groups is 1. The zero-order valence-electron chi connectivity index (χ0n) is 13.4. The van der Waals surface area contributed by atoms with E-state index in [0.717, 1.165) is 43.6 Å². The second kappa shape index (κ2) is 8.13. The first-order chi connectivity index (χ1) is 10.6. The van der Waals surface area contributed by atoms with Crippen molar-refractivity contribution < 1.29 is 4.79 Å². The molecule has 1 fully saturated rings. The quantitative estimate of drug-likeness (QED) is 0.835. The Balaban J connectivity index is 1.92. The zero-order chi connectivity index (χ0) is 15.9. The van der Waals surface area contributed by atoms with Crippen LogP contribution in [0.4, 0.5) is 5.69 Å². The normalized spacial score (nSPS) is 16.0. The van der Waals surface area contributed by atoms with Gasteiger partial charge in [-0.25, -0.2) is 0 Å². The van der Waals surface area contributed by atoms with E-state index in [1.165, 1.54) is 6.42 Å². The number of nitrogens with one attached hydrogen (secondary N) is 2. The van der Waals surface area contributed by atoms with Gasteiger partial charge in [0.1, 0.15) is 0 Å². The average Bonchev–Trinajstić information content (AvgIpc) is 2.55. The molecule has 22 heavy (non-hydrogen) atoms. The first-order valence-corrected chi connectivity index (χ1v) is 8.48. The molecule has 120 valence electrons. The Labute approximate surface area is 138 Å². The minimum Gasteiger partial charge on any atom is -0.360 e. The fourth-order valence-corrected chi connectivity index (χ4v) is 2.79. The van der Waals surface area contributed by atoms with E-state index in [1.807, 2.05) is 29.2 Å². The molecule has 1 aromatic rings. The lowest BCUT2D eigenvalue weighted by molar-refractivity contribution is 0.0724. The number of benzene rings is 1. The van der Waals surface area contributed by atoms with Crippen LogP contribution in [0.15, 0.2) is 24.3 Å². The monoisotopic (exact) mass is 319 g/mol. The largest absolute Gasteiger partial charge is 0.360 e. The van der Waals surface area contributed by atoms with Gasteiger partial charge < -0.3 is 15.5 Å². The third-order valence-corrected chi connectivity index (χ3v) is 4.24. The Bertz CT molecular complexity index is 509. The van der Waals surface area contributed by atoms with Gasteiger partial charge in [-0.3, -0.25) is 4.79 Å². The van der Waals surface area contributed by atoms with Gasteiger partial charge in [0, 0.05) is 30.4 Å². The average molecular weight is 319 g/mol. The van der Waals surface area contributed by atoms with E-state index in [4.69, 9.17) is 12.2 Å². The standard InChI is InChI=1S/C17H25N3OS/c1-3-13(2)18-17(22)19-15-9-7-14(8-10-15)16(21)20-11-5-4-6-12-20/h7-10,13H,3-6,11-12H2,1-2H3,(H2,18,19,22)/t13-/m0/s1. The Morgan fingerprint density at radius 3 is 2.45 bits per heavy atom. The summed E-state index contributed by atoms with van der Waals surface area (Å²) in [5, 5.41) is 6.98. The van der Waals surface area contributed by atoms with Gasteiger partial charge >= 0.3 is 0 Å². The molecule has 1 saturated heterocycles. The molecule has 1 aliphatic rings. The summed E-state index contributed by atoms with van der Waals surface area (Å²) in [7, 11) is 0. The predicted molar refractivity (Wildman–Crippen MR) is 95.3 cm³/mol. The van der Waals surface area contributed by atoms with E-state index in [-0.39, 0.29) is 5.91 Å². The summed E-state index contributed by atoms with van der Waals surface area (Å²) in [6, 6.07) is 7.89. The molecule has 0 aromatic heterocycles. The van der Waals surface area contributed by atoms with Crippen molar-refractivity contribution in [3.63, 3.8) is 0 Å². The van der Waals surface area contributed by atoms with Crippen molar-refractivity contribution in [2.45, 2.75) is 45.6 Å². The molecule has 0 aliphatic carbocycles. The summed E-state index contributed by atoms with van der Waals surface area (Å²) in [6.07, 6.45) is 4.47. The highest BCUT2D eigenvalue weighted by Crippen LogP contribution is 2.15. The van der Waals surface area contributed by atoms with Crippen molar-refractivity contribution in [3.05, 3.63) is 29.8 Å². The lowest BCUT2D eigenvalue weighted by Crippen LogP contribution is -2.36. The third kappa shape index (κ3) is 4.70. The lowest BCUT2D eigenvalue weighted by Gasteiger charge is -2.26. The van der Waals surface area contributed by atoms with Crippen molar-refractivity contribution in [3.8, 4) is 0 Å². The van der Waals surface area contributed by atoms with Crippen molar-refractivity contribution in [2.75, 3.05) is 18.4 Å². The van der Waals surface area contributed by atoms with Crippen molar-refractivity contribution in [2.24, 2.45) is 0 Å². The minimum atomic E-state index is 0.131. The number of likely N-dealkylation sites (tertiary alicyclic amines) is 1. The first-order valence-electron chi connectivity index (χ1n) is 8.07. The first kappa shape index (κ1) is 16.7. The van der Waals surface area contributed by atoms with Gasteiger partial charge in [-0.05, 0) is 69.1 Å². The highest BCUT2D eigenvalue weighted by Gasteiger charge is 2.17. The number of hydrogen-bond acceptors (Lipinski definition) is 2. The Morgan fingerprint density at radius 2 is 1.86 bits per heavy atom. The second-order valence-electron chi connectivity index (χ2n) is 5.84. The zero-order valence-corrected chi connectivity index (χ0v) is 14.2. The Kier molecular flexibility index (Phi) is 6.19. The number of amides is 1. The SMILES string of the molecule is CC[C@H](C)NC(=S)Nc1ccc(C(=O)N2CCCCC2)cc1. The van der Waals surface area contributed by atoms with Crippen molar-refractivity contribution in [1.82, 2.24) is 10.2 Å². The van der Waals surface area contributed by atoms with E-state index in [2.05, 4.69) is 24.5 Å². The fourth-order valence-electron chi connectivity index (χ4n) is 2.47. The fraction of sp³-hybridized carbons (Fsp3) is 0.529. The number of nitrogens with zero attached hydrogens (tertiary/aromatic N) is 1. The maximum atomic E-state index is 12.4. The van der Waals surface area contributed by atoms with Crippen LogP contribution in [0.3, 0.4) is 0 Å². The minimum absolute atomic E-state index is 0.131. The van der Waals surface area contributed by atoms with Gasteiger partial charge in [0.05, 0.1) is 0 Å². The summed E-state index contributed by atoms with van der Waals surface area (Å²) < 4.78 is 0. The molecule has 2 N–H and O–H groups in total. The molecule has 1 amide bonds. The van der Waals surface area contributed by atoms with Gasteiger partial charge in [0.15, 0.2) is 5.11 Å². The van der Waals surface area contributed by atoms with Gasteiger partial charge in [-0.15, -0.1) is 0 Å². The van der Waals surface area contributed by atoms with Crippen LogP contribution in [0.5, 0.6) is 0 Å². The van der Waals surface area contributed by atoms with Gasteiger partial charge in [0.25, 0.3) is 5.91 Å². The molecule has 1 heterocycles. The number of anilines is 1. The highest BCUT2D eigenvalue weighted by molar-refractivity contribution is 7.80. The van der Waals surface area contributed by atoms with E-state index in [9.17, 15) is 4.79 Å². The maximum absolute atomic E-state index is 12.4. The molecule has 1 aliphatic heterocycles. The van der Waals surface area contributed by atoms with Gasteiger partial charge in [-0.2, -0.15) is 0 Å². The van der Waals surface area contributed by atoms with Crippen LogP contribution in [0.2, 0.25) is 0 Å². The van der Waals surface area contributed by atoms with Crippen LogP contribution >= 0.6 is 12.2 Å². The molecule has 1 aromatic carbocycles. The van der Waals surface area contributed by atoms with Crippen LogP contribution in [0.25, 0.3) is 0 Å². The molecule has 4 nitrogen and oxygen atoms in total. The summed E-state index contributed by atoms with van der Waals surface area (Å²) in [6.45, 7) is 5.96. The van der Waals surface area contributed by atoms with Crippen LogP contribution in [-0.4, -0.2) is 35.1 Å². The third-order valence-electron chi connectivity index (χ3n) is 4.02. The molecule has 0 bridgehead atoms. The molecule has 2 rings (SSSR count). The highest BCUT2D eigenvalue weighted by atomic mass is 32.1. The smallest absolute Gasteiger partial charge is 0.253 e. The van der Waals surface area contributed by atoms with E-state index >= 15 is 0 Å². The van der Waals surface area contributed by atoms with Crippen molar-refractivity contribution >= 4 is 28.9 Å². The number of rotatable bonds is 4. The number of piperidine rings is 1. The van der Waals surface area contributed by atoms with Crippen LogP contribution in [0, 0.1) is 0 Å². The van der Waals surface area contributed by atoms with Crippen LogP contribution in [-0.2, 0) is 0 Å². The molecule has 0 radical (unpaired) electrons. The summed E-state index contributed by atoms with van der Waals surface area (Å²) in [5.74, 6) is 0.131. The van der Waals surface area contributed by atoms with Gasteiger partial charge in [0.2, 0.25) is 0 Å². The van der Waals surface area contributed by atoms with Gasteiger partial charge in [-0.1, -0.05) is 6.92 Å². The topological polar surface area (TPSA) is 44.4 Å². The molecule has 0 spiro atoms. The molecular weight excluding hydrogens is 294 g/mol. The Hall–Kier alpha value is -1.62. The van der Waals surface area contributed by atoms with E-state index in [1.54, 1.807) is 0 Å². The number of carbonyl (C=O) groups excluding carboxylic acids is 1. The molecule has 1 atom stereocenters. The van der Waals surface area contributed by atoms with Crippen LogP contribution in [0.1, 0.15) is 49.9 Å². The summed E-state index contributed by atoms with van der Waals surface area (Å²) >= 11 is 5.27. The predicted octanol–water partition coefficient (Wildman–Crippen LogP) is 3.40. The Morgan fingerprint density at radius 1 is 1.23 bits per heavy atom. The summed E-state index contributed by atoms with van der Waals surface area (Å²) in [5.41, 5.74) is 1.64. The number of thiocarbonyl (C=S) groups is 1. The maximum Gasteiger partial charge on any atom is 0.253 e. The summed E-state index contributed by atoms with van der Waals surface area (Å²) in [4.78, 5) is 14.3. The van der Waals surface area contributed by atoms with Crippen molar-refractivity contribution in [1.29, 1.82) is 0 Å². The number of hydrogen-bond donors (Lipinski definition) is 2. The molecule has 5 heteroatoms. The molecule has 0 unspecified atom stereocenters. The molecule has 0 saturated carbocycles. The van der Waals surface area contributed by atoms with E-state index < -0.39 is 0 Å².